The number of rotatable bonds is 5. The van der Waals surface area contributed by atoms with Gasteiger partial charge in [0, 0.05) is 12.5 Å². The third-order valence-corrected chi connectivity index (χ3v) is 6.24. The number of ether oxygens (including phenoxy) is 3. The molecule has 1 fully saturated rings. The summed E-state index contributed by atoms with van der Waals surface area (Å²) in [5, 5.41) is 0. The van der Waals surface area contributed by atoms with Gasteiger partial charge in [0.1, 0.15) is 13.2 Å². The first kappa shape index (κ1) is 20.0. The Morgan fingerprint density at radius 3 is 2.75 bits per heavy atom. The number of hydrazine groups is 1. The van der Waals surface area contributed by atoms with Crippen LogP contribution in [-0.4, -0.2) is 52.1 Å². The molecule has 2 aliphatic heterocycles. The van der Waals surface area contributed by atoms with Gasteiger partial charge in [-0.3, -0.25) is 20.4 Å². The van der Waals surface area contributed by atoms with Gasteiger partial charge in [-0.2, -0.15) is 0 Å². The van der Waals surface area contributed by atoms with Crippen LogP contribution in [0.15, 0.2) is 18.2 Å². The standard InChI is InChI=1S/C18H22N2O7S/c1-25-14-8-12(9-15-18(14)27-6-5-26-15)2-3-16(21)19-20-17(22)10-13-4-7-28(23,24)11-13/h2-3,8-9,13H,4-7,10-11H2,1H3,(H,19,21)(H,20,22)/b3-2+/t13-/m1/s1. The van der Waals surface area contributed by atoms with Crippen molar-refractivity contribution in [2.75, 3.05) is 31.8 Å². The molecule has 1 aromatic carbocycles. The average Bonchev–Trinajstić information content (AvgIpc) is 3.02. The molecule has 2 N–H and O–H groups in total. The number of methoxy groups -OCH3 is 1. The van der Waals surface area contributed by atoms with Gasteiger partial charge in [-0.25, -0.2) is 8.42 Å². The van der Waals surface area contributed by atoms with E-state index in [0.717, 1.165) is 0 Å². The zero-order valence-corrected chi connectivity index (χ0v) is 16.2. The van der Waals surface area contributed by atoms with Gasteiger partial charge >= 0.3 is 0 Å². The van der Waals surface area contributed by atoms with Crippen molar-refractivity contribution in [1.29, 1.82) is 0 Å². The van der Waals surface area contributed by atoms with Crippen molar-refractivity contribution in [3.63, 3.8) is 0 Å². The Morgan fingerprint density at radius 1 is 1.25 bits per heavy atom. The van der Waals surface area contributed by atoms with Crippen molar-refractivity contribution < 1.29 is 32.2 Å². The first-order valence-corrected chi connectivity index (χ1v) is 10.6. The molecule has 10 heteroatoms. The zero-order chi connectivity index (χ0) is 20.1. The first-order valence-electron chi connectivity index (χ1n) is 8.81. The smallest absolute Gasteiger partial charge is 0.262 e. The van der Waals surface area contributed by atoms with Gasteiger partial charge in [0.2, 0.25) is 11.7 Å². The second-order valence-corrected chi connectivity index (χ2v) is 8.82. The normalized spacial score (nSPS) is 20.0. The number of nitrogens with one attached hydrogen (secondary N) is 2. The van der Waals surface area contributed by atoms with Gasteiger partial charge in [-0.05, 0) is 36.1 Å². The lowest BCUT2D eigenvalue weighted by atomic mass is 10.1. The highest BCUT2D eigenvalue weighted by atomic mass is 32.2. The van der Waals surface area contributed by atoms with Crippen LogP contribution in [0.3, 0.4) is 0 Å². The largest absolute Gasteiger partial charge is 0.493 e. The quantitative estimate of drug-likeness (QED) is 0.534. The number of benzene rings is 1. The molecule has 0 saturated carbocycles. The number of sulfone groups is 1. The van der Waals surface area contributed by atoms with Crippen LogP contribution in [0.25, 0.3) is 6.08 Å². The lowest BCUT2D eigenvalue weighted by Gasteiger charge is -2.20. The van der Waals surface area contributed by atoms with Crippen LogP contribution in [0.2, 0.25) is 0 Å². The van der Waals surface area contributed by atoms with Crippen LogP contribution >= 0.6 is 0 Å². The summed E-state index contributed by atoms with van der Waals surface area (Å²) in [6.45, 7) is 0.867. The van der Waals surface area contributed by atoms with E-state index in [1.807, 2.05) is 0 Å². The number of carbonyl (C=O) groups is 2. The lowest BCUT2D eigenvalue weighted by molar-refractivity contribution is -0.127. The summed E-state index contributed by atoms with van der Waals surface area (Å²) in [4.78, 5) is 23.7. The number of hydrogen-bond donors (Lipinski definition) is 2. The highest BCUT2D eigenvalue weighted by Crippen LogP contribution is 2.40. The minimum Gasteiger partial charge on any atom is -0.493 e. The van der Waals surface area contributed by atoms with Crippen molar-refractivity contribution in [3.8, 4) is 17.2 Å². The van der Waals surface area contributed by atoms with Crippen molar-refractivity contribution in [3.05, 3.63) is 23.8 Å². The van der Waals surface area contributed by atoms with Crippen LogP contribution in [0.1, 0.15) is 18.4 Å². The van der Waals surface area contributed by atoms with Crippen LogP contribution in [0, 0.1) is 5.92 Å². The van der Waals surface area contributed by atoms with Gasteiger partial charge in [0.15, 0.2) is 21.3 Å². The Balaban J connectivity index is 1.52. The van der Waals surface area contributed by atoms with E-state index >= 15 is 0 Å². The molecule has 28 heavy (non-hydrogen) atoms. The van der Waals surface area contributed by atoms with Gasteiger partial charge in [0.25, 0.3) is 5.91 Å². The predicted octanol–water partition coefficient (Wildman–Crippen LogP) is 0.452. The summed E-state index contributed by atoms with van der Waals surface area (Å²) in [6.07, 6.45) is 3.33. The molecule has 0 radical (unpaired) electrons. The topological polar surface area (TPSA) is 120 Å². The summed E-state index contributed by atoms with van der Waals surface area (Å²) >= 11 is 0. The molecule has 152 valence electrons. The molecule has 2 amide bonds. The minimum atomic E-state index is -3.03. The molecule has 2 aliphatic rings. The maximum atomic E-state index is 11.9. The van der Waals surface area contributed by atoms with E-state index < -0.39 is 21.7 Å². The number of amides is 2. The van der Waals surface area contributed by atoms with Gasteiger partial charge in [0.05, 0.1) is 18.6 Å². The summed E-state index contributed by atoms with van der Waals surface area (Å²) in [6, 6.07) is 3.43. The second kappa shape index (κ2) is 8.51. The van der Waals surface area contributed by atoms with Crippen LogP contribution < -0.4 is 25.1 Å². The molecule has 0 unspecified atom stereocenters. The maximum absolute atomic E-state index is 11.9. The van der Waals surface area contributed by atoms with E-state index in [1.54, 1.807) is 18.2 Å². The van der Waals surface area contributed by atoms with Crippen molar-refractivity contribution in [2.45, 2.75) is 12.8 Å². The van der Waals surface area contributed by atoms with Gasteiger partial charge in [-0.1, -0.05) is 0 Å². The number of hydrogen-bond acceptors (Lipinski definition) is 7. The molecule has 0 bridgehead atoms. The molecular weight excluding hydrogens is 388 g/mol. The third-order valence-electron chi connectivity index (χ3n) is 4.40. The fourth-order valence-electron chi connectivity index (χ4n) is 3.08. The van der Waals surface area contributed by atoms with Crippen molar-refractivity contribution in [2.24, 2.45) is 5.92 Å². The van der Waals surface area contributed by atoms with E-state index in [9.17, 15) is 18.0 Å². The molecule has 1 aromatic rings. The maximum Gasteiger partial charge on any atom is 0.262 e. The highest BCUT2D eigenvalue weighted by molar-refractivity contribution is 7.91. The third kappa shape index (κ3) is 5.16. The van der Waals surface area contributed by atoms with Crippen LogP contribution in [0.5, 0.6) is 17.2 Å². The highest BCUT2D eigenvalue weighted by Gasteiger charge is 2.29. The van der Waals surface area contributed by atoms with E-state index in [1.165, 1.54) is 13.2 Å². The van der Waals surface area contributed by atoms with Crippen molar-refractivity contribution >= 4 is 27.7 Å². The van der Waals surface area contributed by atoms with Crippen molar-refractivity contribution in [1.82, 2.24) is 10.9 Å². The minimum absolute atomic E-state index is 0.0141. The Bertz CT molecular complexity index is 878. The Kier molecular flexibility index (Phi) is 6.08. The van der Waals surface area contributed by atoms with Crippen LogP contribution in [0.4, 0.5) is 0 Å². The lowest BCUT2D eigenvalue weighted by Crippen LogP contribution is -2.41. The molecule has 0 aliphatic carbocycles. The van der Waals surface area contributed by atoms with Gasteiger partial charge < -0.3 is 14.2 Å². The fraction of sp³-hybridized carbons (Fsp3) is 0.444. The van der Waals surface area contributed by atoms with E-state index in [2.05, 4.69) is 10.9 Å². The molecule has 0 spiro atoms. The summed E-state index contributed by atoms with van der Waals surface area (Å²) in [7, 11) is -1.52. The van der Waals surface area contributed by atoms with Crippen LogP contribution in [-0.2, 0) is 19.4 Å². The molecule has 9 nitrogen and oxygen atoms in total. The number of carbonyl (C=O) groups excluding carboxylic acids is 2. The Morgan fingerprint density at radius 2 is 2.04 bits per heavy atom. The molecule has 3 rings (SSSR count). The van der Waals surface area contributed by atoms with E-state index in [4.69, 9.17) is 14.2 Å². The molecular formula is C18H22N2O7S. The Hall–Kier alpha value is -2.75. The second-order valence-electron chi connectivity index (χ2n) is 6.59. The SMILES string of the molecule is COc1cc(/C=C/C(=O)NNC(=O)C[C@H]2CCS(=O)(=O)C2)cc2c1OCCO2. The Labute approximate surface area is 162 Å². The van der Waals surface area contributed by atoms with E-state index in [-0.39, 0.29) is 23.8 Å². The monoisotopic (exact) mass is 410 g/mol. The molecule has 0 aromatic heterocycles. The predicted molar refractivity (Wildman–Crippen MR) is 101 cm³/mol. The van der Waals surface area contributed by atoms with E-state index in [0.29, 0.717) is 42.4 Å². The summed E-state index contributed by atoms with van der Waals surface area (Å²) in [5.74, 6) is 0.520. The summed E-state index contributed by atoms with van der Waals surface area (Å²) in [5.41, 5.74) is 5.23. The average molecular weight is 410 g/mol. The fourth-order valence-corrected chi connectivity index (χ4v) is 4.94. The molecule has 1 atom stereocenters. The zero-order valence-electron chi connectivity index (χ0n) is 15.4. The van der Waals surface area contributed by atoms with Gasteiger partial charge in [-0.15, -0.1) is 0 Å². The molecule has 2 heterocycles. The molecule has 1 saturated heterocycles. The number of fused-ring (bicyclic) bond motifs is 1. The first-order chi connectivity index (χ1) is 13.4. The summed E-state index contributed by atoms with van der Waals surface area (Å²) < 4.78 is 39.1.